The maximum atomic E-state index is 12.7. The largest absolute Gasteiger partial charge is 0.416 e. The molecule has 2 rings (SSSR count). The highest BCUT2D eigenvalue weighted by Crippen LogP contribution is 2.30. The molecule has 0 aliphatic heterocycles. The molecule has 1 amide bonds. The van der Waals surface area contributed by atoms with Gasteiger partial charge < -0.3 is 5.32 Å². The summed E-state index contributed by atoms with van der Waals surface area (Å²) in [7, 11) is -4.26. The third-order valence-electron chi connectivity index (χ3n) is 3.56. The Bertz CT molecular complexity index is 925. The van der Waals surface area contributed by atoms with Gasteiger partial charge in [-0.05, 0) is 49.2 Å². The number of anilines is 1. The van der Waals surface area contributed by atoms with Crippen molar-refractivity contribution in [1.29, 1.82) is 0 Å². The minimum atomic E-state index is -4.66. The fraction of sp³-hybridized carbons (Fsp3) is 0.235. The van der Waals surface area contributed by atoms with E-state index in [2.05, 4.69) is 5.32 Å². The third kappa shape index (κ3) is 5.06. The van der Waals surface area contributed by atoms with Crippen molar-refractivity contribution < 1.29 is 26.4 Å². The lowest BCUT2D eigenvalue weighted by atomic mass is 10.1. The Labute approximate surface area is 149 Å². The standard InChI is InChI=1S/C17H17F3N2O3S/c1-11-6-7-12(2)15(8-11)22-16(23)10-21-26(24,25)14-5-3-4-13(9-14)17(18,19)20/h3-9,21H,10H2,1-2H3,(H,22,23). The van der Waals surface area contributed by atoms with Gasteiger partial charge in [-0.25, -0.2) is 13.1 Å². The summed E-state index contributed by atoms with van der Waals surface area (Å²) in [6.45, 7) is 3.01. The van der Waals surface area contributed by atoms with Gasteiger partial charge in [0.05, 0.1) is 17.0 Å². The molecule has 0 aliphatic carbocycles. The number of amides is 1. The fourth-order valence-corrected chi connectivity index (χ4v) is 3.18. The van der Waals surface area contributed by atoms with Crippen LogP contribution in [0.1, 0.15) is 16.7 Å². The van der Waals surface area contributed by atoms with E-state index in [9.17, 15) is 26.4 Å². The zero-order chi connectivity index (χ0) is 19.5. The van der Waals surface area contributed by atoms with Crippen LogP contribution in [0.3, 0.4) is 0 Å². The molecule has 2 N–H and O–H groups in total. The van der Waals surface area contributed by atoms with Crippen LogP contribution in [-0.4, -0.2) is 20.9 Å². The Balaban J connectivity index is 2.08. The van der Waals surface area contributed by atoms with Gasteiger partial charge in [0.15, 0.2) is 0 Å². The minimum Gasteiger partial charge on any atom is -0.325 e. The van der Waals surface area contributed by atoms with E-state index in [4.69, 9.17) is 0 Å². The summed E-state index contributed by atoms with van der Waals surface area (Å²) in [5.41, 5.74) is 1.16. The Morgan fingerprint density at radius 1 is 1.08 bits per heavy atom. The van der Waals surface area contributed by atoms with Crippen molar-refractivity contribution in [3.05, 3.63) is 59.2 Å². The van der Waals surface area contributed by atoms with Crippen LogP contribution in [0.15, 0.2) is 47.4 Å². The van der Waals surface area contributed by atoms with Gasteiger partial charge in [-0.3, -0.25) is 4.79 Å². The number of sulfonamides is 1. The van der Waals surface area contributed by atoms with Crippen LogP contribution in [0, 0.1) is 13.8 Å². The molecule has 0 fully saturated rings. The summed E-state index contributed by atoms with van der Waals surface area (Å²) in [5.74, 6) is -0.630. The number of carbonyl (C=O) groups excluding carboxylic acids is 1. The first-order valence-corrected chi connectivity index (χ1v) is 9.01. The van der Waals surface area contributed by atoms with E-state index >= 15 is 0 Å². The number of alkyl halides is 3. The summed E-state index contributed by atoms with van der Waals surface area (Å²) in [5, 5.41) is 2.56. The first-order valence-electron chi connectivity index (χ1n) is 7.53. The summed E-state index contributed by atoms with van der Waals surface area (Å²) >= 11 is 0. The first-order chi connectivity index (χ1) is 12.0. The number of benzene rings is 2. The van der Waals surface area contributed by atoms with Gasteiger partial charge in [0.25, 0.3) is 0 Å². The van der Waals surface area contributed by atoms with Crippen molar-refractivity contribution in [3.63, 3.8) is 0 Å². The average Bonchev–Trinajstić information content (AvgIpc) is 2.56. The molecule has 0 atom stereocenters. The second kappa shape index (κ2) is 7.46. The van der Waals surface area contributed by atoms with Crippen LogP contribution in [-0.2, 0) is 21.0 Å². The lowest BCUT2D eigenvalue weighted by molar-refractivity contribution is -0.137. The molecule has 5 nitrogen and oxygen atoms in total. The van der Waals surface area contributed by atoms with Crippen molar-refractivity contribution in [3.8, 4) is 0 Å². The molecule has 0 heterocycles. The Kier molecular flexibility index (Phi) is 5.72. The molecule has 0 bridgehead atoms. The minimum absolute atomic E-state index is 0.519. The molecule has 0 aliphatic rings. The highest BCUT2D eigenvalue weighted by atomic mass is 32.2. The van der Waals surface area contributed by atoms with Gasteiger partial charge in [0, 0.05) is 5.69 Å². The fourth-order valence-electron chi connectivity index (χ4n) is 2.15. The first kappa shape index (κ1) is 19.9. The summed E-state index contributed by atoms with van der Waals surface area (Å²) in [6, 6.07) is 8.71. The highest BCUT2D eigenvalue weighted by Gasteiger charge is 2.31. The number of halogens is 3. The molecule has 0 saturated carbocycles. The number of nitrogens with one attached hydrogen (secondary N) is 2. The topological polar surface area (TPSA) is 75.3 Å². The van der Waals surface area contributed by atoms with E-state index in [0.29, 0.717) is 11.8 Å². The predicted octanol–water partition coefficient (Wildman–Crippen LogP) is 3.24. The summed E-state index contributed by atoms with van der Waals surface area (Å²) in [4.78, 5) is 11.4. The lowest BCUT2D eigenvalue weighted by Gasteiger charge is -2.12. The normalized spacial score (nSPS) is 12.0. The van der Waals surface area contributed by atoms with Crippen LogP contribution >= 0.6 is 0 Å². The number of hydrogen-bond donors (Lipinski definition) is 2. The molecule has 0 spiro atoms. The second-order valence-corrected chi connectivity index (χ2v) is 7.48. The molecule has 26 heavy (non-hydrogen) atoms. The van der Waals surface area contributed by atoms with Crippen molar-refractivity contribution in [1.82, 2.24) is 4.72 Å². The molecular formula is C17H17F3N2O3S. The SMILES string of the molecule is Cc1ccc(C)c(NC(=O)CNS(=O)(=O)c2cccc(C(F)(F)F)c2)c1. The van der Waals surface area contributed by atoms with E-state index in [1.165, 1.54) is 0 Å². The predicted molar refractivity (Wildman–Crippen MR) is 91.2 cm³/mol. The lowest BCUT2D eigenvalue weighted by Crippen LogP contribution is -2.33. The highest BCUT2D eigenvalue weighted by molar-refractivity contribution is 7.89. The zero-order valence-electron chi connectivity index (χ0n) is 14.0. The smallest absolute Gasteiger partial charge is 0.325 e. The Morgan fingerprint density at radius 3 is 2.42 bits per heavy atom. The van der Waals surface area contributed by atoms with Crippen LogP contribution < -0.4 is 10.0 Å². The van der Waals surface area contributed by atoms with Gasteiger partial charge in [-0.2, -0.15) is 13.2 Å². The Morgan fingerprint density at radius 2 is 1.77 bits per heavy atom. The molecule has 2 aromatic carbocycles. The van der Waals surface area contributed by atoms with E-state index in [1.54, 1.807) is 19.1 Å². The molecule has 0 saturated heterocycles. The number of rotatable bonds is 5. The number of aryl methyl sites for hydroxylation is 2. The van der Waals surface area contributed by atoms with Gasteiger partial charge in [0.2, 0.25) is 15.9 Å². The van der Waals surface area contributed by atoms with Crippen molar-refractivity contribution in [2.75, 3.05) is 11.9 Å². The van der Waals surface area contributed by atoms with E-state index in [1.807, 2.05) is 17.7 Å². The molecule has 9 heteroatoms. The molecule has 0 unspecified atom stereocenters. The van der Waals surface area contributed by atoms with E-state index < -0.39 is 39.1 Å². The maximum Gasteiger partial charge on any atom is 0.416 e. The Hall–Kier alpha value is -2.39. The summed E-state index contributed by atoms with van der Waals surface area (Å²) in [6.07, 6.45) is -4.66. The third-order valence-corrected chi connectivity index (χ3v) is 4.96. The van der Waals surface area contributed by atoms with Gasteiger partial charge in [-0.1, -0.05) is 18.2 Å². The molecule has 2 aromatic rings. The monoisotopic (exact) mass is 386 g/mol. The second-order valence-electron chi connectivity index (χ2n) is 5.72. The van der Waals surface area contributed by atoms with Crippen molar-refractivity contribution in [2.45, 2.75) is 24.9 Å². The van der Waals surface area contributed by atoms with Crippen LogP contribution in [0.5, 0.6) is 0 Å². The van der Waals surface area contributed by atoms with Gasteiger partial charge in [-0.15, -0.1) is 0 Å². The molecule has 140 valence electrons. The van der Waals surface area contributed by atoms with Gasteiger partial charge in [0.1, 0.15) is 0 Å². The zero-order valence-corrected chi connectivity index (χ0v) is 14.8. The maximum absolute atomic E-state index is 12.7. The summed E-state index contributed by atoms with van der Waals surface area (Å²) < 4.78 is 64.4. The average molecular weight is 386 g/mol. The van der Waals surface area contributed by atoms with E-state index in [-0.39, 0.29) is 0 Å². The number of carbonyl (C=O) groups is 1. The van der Waals surface area contributed by atoms with Crippen molar-refractivity contribution in [2.24, 2.45) is 0 Å². The van der Waals surface area contributed by atoms with Crippen LogP contribution in [0.4, 0.5) is 18.9 Å². The van der Waals surface area contributed by atoms with Crippen molar-refractivity contribution >= 4 is 21.6 Å². The van der Waals surface area contributed by atoms with E-state index in [0.717, 1.165) is 29.3 Å². The van der Waals surface area contributed by atoms with Crippen LogP contribution in [0.2, 0.25) is 0 Å². The molecular weight excluding hydrogens is 369 g/mol. The molecule has 0 aromatic heterocycles. The van der Waals surface area contributed by atoms with Crippen LogP contribution in [0.25, 0.3) is 0 Å². The van der Waals surface area contributed by atoms with Gasteiger partial charge >= 0.3 is 6.18 Å². The number of hydrogen-bond acceptors (Lipinski definition) is 3. The molecule has 0 radical (unpaired) electrons. The quantitative estimate of drug-likeness (QED) is 0.828.